The molecule has 0 saturated carbocycles. The predicted molar refractivity (Wildman–Crippen MR) is 48.7 cm³/mol. The fourth-order valence-corrected chi connectivity index (χ4v) is 1.13. The zero-order chi connectivity index (χ0) is 10.8. The van der Waals surface area contributed by atoms with E-state index in [0.717, 1.165) is 12.6 Å². The van der Waals surface area contributed by atoms with Gasteiger partial charge in [-0.1, -0.05) is 24.3 Å². The topological polar surface area (TPSA) is 3.24 Å². The molecule has 0 aliphatic carbocycles. The fourth-order valence-electron chi connectivity index (χ4n) is 1.13. The molecule has 1 aromatic rings. The summed E-state index contributed by atoms with van der Waals surface area (Å²) in [5.41, 5.74) is 1.58. The highest BCUT2D eigenvalue weighted by molar-refractivity contribution is 5.25. The second kappa shape index (κ2) is 4.00. The molecule has 1 aromatic carbocycles. The number of benzene rings is 1. The van der Waals surface area contributed by atoms with Crippen molar-refractivity contribution in [2.24, 2.45) is 0 Å². The molecular formula is C10H12F3N. The predicted octanol–water partition coefficient (Wildman–Crippen LogP) is 2.95. The van der Waals surface area contributed by atoms with E-state index in [1.54, 1.807) is 25.1 Å². The molecule has 4 heteroatoms. The third-order valence-corrected chi connectivity index (χ3v) is 2.10. The standard InChI is InChI=1S/C10H12F3N/c1-8-5-3-4-6-9(8)7-14(2)10(11,12)13/h3-6H,7H2,1-2H3. The maximum absolute atomic E-state index is 12.2. The molecule has 1 nitrogen and oxygen atoms in total. The molecular weight excluding hydrogens is 191 g/mol. The zero-order valence-corrected chi connectivity index (χ0v) is 8.10. The van der Waals surface area contributed by atoms with Gasteiger partial charge in [-0.2, -0.15) is 13.2 Å². The zero-order valence-electron chi connectivity index (χ0n) is 8.10. The highest BCUT2D eigenvalue weighted by Gasteiger charge is 2.33. The van der Waals surface area contributed by atoms with Crippen molar-refractivity contribution in [1.29, 1.82) is 0 Å². The molecule has 0 spiro atoms. The summed E-state index contributed by atoms with van der Waals surface area (Å²) in [5.74, 6) is 0. The minimum Gasteiger partial charge on any atom is -0.213 e. The average molecular weight is 203 g/mol. The Labute approximate surface area is 81.1 Å². The minimum absolute atomic E-state index is 0.101. The first-order valence-electron chi connectivity index (χ1n) is 4.23. The van der Waals surface area contributed by atoms with E-state index in [0.29, 0.717) is 10.5 Å². The van der Waals surface area contributed by atoms with E-state index in [1.165, 1.54) is 0 Å². The number of halogens is 3. The largest absolute Gasteiger partial charge is 0.459 e. The van der Waals surface area contributed by atoms with Crippen LogP contribution in [-0.2, 0) is 6.54 Å². The van der Waals surface area contributed by atoms with E-state index in [1.807, 2.05) is 6.07 Å². The van der Waals surface area contributed by atoms with E-state index in [2.05, 4.69) is 0 Å². The normalized spacial score (nSPS) is 12.1. The smallest absolute Gasteiger partial charge is 0.213 e. The first-order valence-corrected chi connectivity index (χ1v) is 4.23. The van der Waals surface area contributed by atoms with Gasteiger partial charge in [0.1, 0.15) is 0 Å². The number of alkyl halides is 3. The van der Waals surface area contributed by atoms with Crippen molar-refractivity contribution in [3.63, 3.8) is 0 Å². The molecule has 0 saturated heterocycles. The molecule has 0 aliphatic heterocycles. The lowest BCUT2D eigenvalue weighted by molar-refractivity contribution is -0.240. The molecule has 0 radical (unpaired) electrons. The Morgan fingerprint density at radius 1 is 1.21 bits per heavy atom. The molecule has 0 aliphatic rings. The molecule has 0 bridgehead atoms. The van der Waals surface area contributed by atoms with Crippen LogP contribution in [0.25, 0.3) is 0 Å². The van der Waals surface area contributed by atoms with Crippen molar-refractivity contribution in [3.05, 3.63) is 35.4 Å². The lowest BCUT2D eigenvalue weighted by Crippen LogP contribution is -2.33. The van der Waals surface area contributed by atoms with Crippen LogP contribution in [0.3, 0.4) is 0 Å². The Kier molecular flexibility index (Phi) is 3.16. The van der Waals surface area contributed by atoms with Crippen LogP contribution < -0.4 is 0 Å². The van der Waals surface area contributed by atoms with Gasteiger partial charge >= 0.3 is 6.30 Å². The minimum atomic E-state index is -4.26. The van der Waals surface area contributed by atoms with Gasteiger partial charge in [0.25, 0.3) is 0 Å². The lowest BCUT2D eigenvalue weighted by atomic mass is 10.1. The van der Waals surface area contributed by atoms with Gasteiger partial charge in [0, 0.05) is 6.54 Å². The number of rotatable bonds is 2. The quantitative estimate of drug-likeness (QED) is 0.668. The molecule has 0 unspecified atom stereocenters. The SMILES string of the molecule is Cc1ccccc1CN(C)C(F)(F)F. The van der Waals surface area contributed by atoms with Gasteiger partial charge in [-0.25, -0.2) is 4.90 Å². The maximum atomic E-state index is 12.2. The molecule has 0 N–H and O–H groups in total. The monoisotopic (exact) mass is 203 g/mol. The second-order valence-electron chi connectivity index (χ2n) is 3.25. The first kappa shape index (κ1) is 11.0. The number of nitrogens with zero attached hydrogens (tertiary/aromatic N) is 1. The van der Waals surface area contributed by atoms with Gasteiger partial charge in [-0.05, 0) is 25.1 Å². The number of hydrogen-bond donors (Lipinski definition) is 0. The van der Waals surface area contributed by atoms with Gasteiger partial charge < -0.3 is 0 Å². The Bertz CT molecular complexity index is 306. The molecule has 0 heterocycles. The van der Waals surface area contributed by atoms with Crippen molar-refractivity contribution < 1.29 is 13.2 Å². The average Bonchev–Trinajstić information content (AvgIpc) is 2.07. The Hall–Kier alpha value is -1.03. The molecule has 0 atom stereocenters. The van der Waals surface area contributed by atoms with Crippen LogP contribution in [0.15, 0.2) is 24.3 Å². The van der Waals surface area contributed by atoms with E-state index < -0.39 is 6.30 Å². The van der Waals surface area contributed by atoms with Crippen LogP contribution in [-0.4, -0.2) is 18.2 Å². The molecule has 14 heavy (non-hydrogen) atoms. The van der Waals surface area contributed by atoms with Crippen molar-refractivity contribution in [2.45, 2.75) is 19.8 Å². The van der Waals surface area contributed by atoms with Crippen LogP contribution in [0.1, 0.15) is 11.1 Å². The van der Waals surface area contributed by atoms with Crippen molar-refractivity contribution in [3.8, 4) is 0 Å². The summed E-state index contributed by atoms with van der Waals surface area (Å²) < 4.78 is 36.6. The van der Waals surface area contributed by atoms with Crippen LogP contribution in [0.2, 0.25) is 0 Å². The summed E-state index contributed by atoms with van der Waals surface area (Å²) in [5, 5.41) is 0. The van der Waals surface area contributed by atoms with E-state index in [9.17, 15) is 13.2 Å². The number of hydrogen-bond acceptors (Lipinski definition) is 1. The molecule has 0 amide bonds. The van der Waals surface area contributed by atoms with Crippen LogP contribution in [0, 0.1) is 6.92 Å². The van der Waals surface area contributed by atoms with Crippen LogP contribution in [0.4, 0.5) is 13.2 Å². The van der Waals surface area contributed by atoms with E-state index >= 15 is 0 Å². The fraction of sp³-hybridized carbons (Fsp3) is 0.400. The highest BCUT2D eigenvalue weighted by Crippen LogP contribution is 2.22. The lowest BCUT2D eigenvalue weighted by Gasteiger charge is -2.20. The Balaban J connectivity index is 2.75. The summed E-state index contributed by atoms with van der Waals surface area (Å²) in [6.07, 6.45) is -4.26. The van der Waals surface area contributed by atoms with Gasteiger partial charge in [0.15, 0.2) is 0 Å². The van der Waals surface area contributed by atoms with Gasteiger partial charge in [-0.15, -0.1) is 0 Å². The third-order valence-electron chi connectivity index (χ3n) is 2.10. The summed E-state index contributed by atoms with van der Waals surface area (Å²) in [6, 6.07) is 7.07. The van der Waals surface area contributed by atoms with Crippen molar-refractivity contribution in [1.82, 2.24) is 4.90 Å². The van der Waals surface area contributed by atoms with E-state index in [-0.39, 0.29) is 6.54 Å². The van der Waals surface area contributed by atoms with Crippen molar-refractivity contribution in [2.75, 3.05) is 7.05 Å². The summed E-state index contributed by atoms with van der Waals surface area (Å²) >= 11 is 0. The second-order valence-corrected chi connectivity index (χ2v) is 3.25. The van der Waals surface area contributed by atoms with Gasteiger partial charge in [0.05, 0.1) is 0 Å². The van der Waals surface area contributed by atoms with Crippen LogP contribution in [0.5, 0.6) is 0 Å². The highest BCUT2D eigenvalue weighted by atomic mass is 19.4. The van der Waals surface area contributed by atoms with Crippen LogP contribution >= 0.6 is 0 Å². The number of aryl methyl sites for hydroxylation is 1. The summed E-state index contributed by atoms with van der Waals surface area (Å²) in [4.78, 5) is 0.370. The molecule has 1 rings (SSSR count). The summed E-state index contributed by atoms with van der Waals surface area (Å²) in [7, 11) is 1.05. The molecule has 78 valence electrons. The van der Waals surface area contributed by atoms with E-state index in [4.69, 9.17) is 0 Å². The Morgan fingerprint density at radius 2 is 1.79 bits per heavy atom. The first-order chi connectivity index (χ1) is 6.41. The Morgan fingerprint density at radius 3 is 2.29 bits per heavy atom. The van der Waals surface area contributed by atoms with Crippen molar-refractivity contribution >= 4 is 0 Å². The maximum Gasteiger partial charge on any atom is 0.459 e. The molecule has 0 fully saturated rings. The molecule has 0 aromatic heterocycles. The van der Waals surface area contributed by atoms with Gasteiger partial charge in [-0.3, -0.25) is 0 Å². The summed E-state index contributed by atoms with van der Waals surface area (Å²) in [6.45, 7) is 1.70. The third kappa shape index (κ3) is 2.73. The van der Waals surface area contributed by atoms with Gasteiger partial charge in [0.2, 0.25) is 0 Å².